The lowest BCUT2D eigenvalue weighted by molar-refractivity contribution is -0.120. The number of nitrogens with one attached hydrogen (secondary N) is 1. The second kappa shape index (κ2) is 8.71. The second-order valence-corrected chi connectivity index (χ2v) is 6.94. The summed E-state index contributed by atoms with van der Waals surface area (Å²) in [6.07, 6.45) is 0.284. The van der Waals surface area contributed by atoms with E-state index in [2.05, 4.69) is 5.32 Å². The Labute approximate surface area is 138 Å². The van der Waals surface area contributed by atoms with E-state index in [1.165, 1.54) is 0 Å². The van der Waals surface area contributed by atoms with E-state index in [1.807, 2.05) is 42.5 Å². The number of rotatable bonds is 7. The van der Waals surface area contributed by atoms with Gasteiger partial charge in [0.05, 0.1) is 6.42 Å². The van der Waals surface area contributed by atoms with Gasteiger partial charge in [-0.3, -0.25) is 9.00 Å². The summed E-state index contributed by atoms with van der Waals surface area (Å²) in [5.41, 5.74) is 1.92. The third-order valence-electron chi connectivity index (χ3n) is 3.08. The number of halogens is 1. The maximum Gasteiger partial charge on any atom is 0.224 e. The molecule has 1 atom stereocenters. The van der Waals surface area contributed by atoms with E-state index in [-0.39, 0.29) is 12.3 Å². The Morgan fingerprint density at radius 2 is 1.77 bits per heavy atom. The van der Waals surface area contributed by atoms with Crippen molar-refractivity contribution in [1.82, 2.24) is 5.32 Å². The lowest BCUT2D eigenvalue weighted by atomic mass is 10.1. The SMILES string of the molecule is O=C(Cc1cccc(Cl)c1)NCC[S@](=O)Cc1ccccc1. The van der Waals surface area contributed by atoms with Gasteiger partial charge >= 0.3 is 0 Å². The van der Waals surface area contributed by atoms with Crippen molar-refractivity contribution in [2.24, 2.45) is 0 Å². The molecular formula is C17H18ClNO2S. The van der Waals surface area contributed by atoms with Crippen molar-refractivity contribution in [3.05, 3.63) is 70.7 Å². The van der Waals surface area contributed by atoms with Gasteiger partial charge in [0.2, 0.25) is 5.91 Å². The fraction of sp³-hybridized carbons (Fsp3) is 0.235. The van der Waals surface area contributed by atoms with Crippen LogP contribution in [0, 0.1) is 0 Å². The molecule has 1 amide bonds. The predicted molar refractivity (Wildman–Crippen MR) is 91.3 cm³/mol. The Balaban J connectivity index is 1.69. The van der Waals surface area contributed by atoms with Crippen LogP contribution in [0.5, 0.6) is 0 Å². The molecule has 0 spiro atoms. The molecule has 3 nitrogen and oxygen atoms in total. The summed E-state index contributed by atoms with van der Waals surface area (Å²) in [6.45, 7) is 0.416. The molecule has 0 unspecified atom stereocenters. The van der Waals surface area contributed by atoms with E-state index < -0.39 is 10.8 Å². The van der Waals surface area contributed by atoms with Crippen LogP contribution in [-0.4, -0.2) is 22.4 Å². The molecule has 0 fully saturated rings. The molecule has 0 saturated heterocycles. The van der Waals surface area contributed by atoms with Gasteiger partial charge in [0, 0.05) is 33.9 Å². The number of carbonyl (C=O) groups excluding carboxylic acids is 1. The summed E-state index contributed by atoms with van der Waals surface area (Å²) in [7, 11) is -0.973. The first-order chi connectivity index (χ1) is 10.6. The molecule has 0 aliphatic heterocycles. The van der Waals surface area contributed by atoms with Crippen molar-refractivity contribution in [2.45, 2.75) is 12.2 Å². The third-order valence-corrected chi connectivity index (χ3v) is 4.63. The van der Waals surface area contributed by atoms with E-state index in [0.717, 1.165) is 11.1 Å². The van der Waals surface area contributed by atoms with Crippen molar-refractivity contribution in [2.75, 3.05) is 12.3 Å². The van der Waals surface area contributed by atoms with E-state index in [9.17, 15) is 9.00 Å². The number of hydrogen-bond donors (Lipinski definition) is 1. The summed E-state index contributed by atoms with van der Waals surface area (Å²) in [5, 5.41) is 3.41. The maximum atomic E-state index is 11.9. The fourth-order valence-electron chi connectivity index (χ4n) is 2.03. The monoisotopic (exact) mass is 335 g/mol. The second-order valence-electron chi connectivity index (χ2n) is 4.93. The molecule has 0 aliphatic rings. The van der Waals surface area contributed by atoms with Crippen LogP contribution in [0.4, 0.5) is 0 Å². The van der Waals surface area contributed by atoms with Gasteiger partial charge in [-0.2, -0.15) is 0 Å². The Hall–Kier alpha value is -1.65. The average molecular weight is 336 g/mol. The summed E-state index contributed by atoms with van der Waals surface area (Å²) < 4.78 is 11.9. The molecule has 2 aromatic rings. The molecule has 2 rings (SSSR count). The van der Waals surface area contributed by atoms with E-state index >= 15 is 0 Å². The minimum Gasteiger partial charge on any atom is -0.355 e. The highest BCUT2D eigenvalue weighted by Crippen LogP contribution is 2.10. The van der Waals surface area contributed by atoms with Gasteiger partial charge in [-0.15, -0.1) is 0 Å². The van der Waals surface area contributed by atoms with Gasteiger partial charge in [-0.05, 0) is 23.3 Å². The molecule has 0 bridgehead atoms. The lowest BCUT2D eigenvalue weighted by Gasteiger charge is -2.06. The highest BCUT2D eigenvalue weighted by Gasteiger charge is 2.05. The first kappa shape index (κ1) is 16.7. The Morgan fingerprint density at radius 1 is 1.05 bits per heavy atom. The van der Waals surface area contributed by atoms with E-state index in [0.29, 0.717) is 23.1 Å². The zero-order valence-electron chi connectivity index (χ0n) is 12.1. The lowest BCUT2D eigenvalue weighted by Crippen LogP contribution is -2.29. The van der Waals surface area contributed by atoms with Gasteiger partial charge < -0.3 is 5.32 Å². The summed E-state index contributed by atoms with van der Waals surface area (Å²) in [6, 6.07) is 16.9. The standard InChI is InChI=1S/C17H18ClNO2S/c18-16-8-4-7-15(11-16)12-17(20)19-9-10-22(21)13-14-5-2-1-3-6-14/h1-8,11H,9-10,12-13H2,(H,19,20)/t22-/m0/s1. The molecule has 0 heterocycles. The molecule has 1 N–H and O–H groups in total. The van der Waals surface area contributed by atoms with Gasteiger partial charge in [-0.1, -0.05) is 54.1 Å². The predicted octanol–water partition coefficient (Wildman–Crippen LogP) is 2.95. The van der Waals surface area contributed by atoms with Gasteiger partial charge in [0.15, 0.2) is 0 Å². The molecule has 0 aliphatic carbocycles. The van der Waals surface area contributed by atoms with Crippen LogP contribution in [0.2, 0.25) is 5.02 Å². The third kappa shape index (κ3) is 6.00. The minimum absolute atomic E-state index is 0.0843. The van der Waals surface area contributed by atoms with Gasteiger partial charge in [0.25, 0.3) is 0 Å². The highest BCUT2D eigenvalue weighted by atomic mass is 35.5. The van der Waals surface area contributed by atoms with Crippen molar-refractivity contribution in [3.8, 4) is 0 Å². The van der Waals surface area contributed by atoms with Crippen molar-refractivity contribution < 1.29 is 9.00 Å². The number of hydrogen-bond acceptors (Lipinski definition) is 2. The van der Waals surface area contributed by atoms with Crippen molar-refractivity contribution in [3.63, 3.8) is 0 Å². The summed E-state index contributed by atoms with van der Waals surface area (Å²) in [4.78, 5) is 11.8. The summed E-state index contributed by atoms with van der Waals surface area (Å²) >= 11 is 5.88. The van der Waals surface area contributed by atoms with Crippen LogP contribution >= 0.6 is 11.6 Å². The molecule has 0 aromatic heterocycles. The molecule has 2 aromatic carbocycles. The quantitative estimate of drug-likeness (QED) is 0.845. The Morgan fingerprint density at radius 3 is 2.50 bits per heavy atom. The van der Waals surface area contributed by atoms with Crippen LogP contribution in [0.15, 0.2) is 54.6 Å². The van der Waals surface area contributed by atoms with Gasteiger partial charge in [0.1, 0.15) is 0 Å². The Kier molecular flexibility index (Phi) is 6.62. The minimum atomic E-state index is -0.973. The normalized spacial score (nSPS) is 11.9. The van der Waals surface area contributed by atoms with E-state index in [4.69, 9.17) is 11.6 Å². The van der Waals surface area contributed by atoms with Gasteiger partial charge in [-0.25, -0.2) is 0 Å². The number of benzene rings is 2. The number of amides is 1. The highest BCUT2D eigenvalue weighted by molar-refractivity contribution is 7.84. The van der Waals surface area contributed by atoms with Crippen LogP contribution in [-0.2, 0) is 27.8 Å². The topological polar surface area (TPSA) is 46.2 Å². The largest absolute Gasteiger partial charge is 0.355 e. The first-order valence-corrected chi connectivity index (χ1v) is 8.90. The summed E-state index contributed by atoms with van der Waals surface area (Å²) in [5.74, 6) is 0.889. The zero-order chi connectivity index (χ0) is 15.8. The molecule has 5 heteroatoms. The molecule has 0 saturated carbocycles. The first-order valence-electron chi connectivity index (χ1n) is 7.03. The molecule has 116 valence electrons. The van der Waals surface area contributed by atoms with Crippen LogP contribution in [0.1, 0.15) is 11.1 Å². The molecule has 0 radical (unpaired) electrons. The maximum absolute atomic E-state index is 11.9. The zero-order valence-corrected chi connectivity index (χ0v) is 13.7. The van der Waals surface area contributed by atoms with Crippen LogP contribution in [0.3, 0.4) is 0 Å². The van der Waals surface area contributed by atoms with Crippen LogP contribution in [0.25, 0.3) is 0 Å². The van der Waals surface area contributed by atoms with E-state index in [1.54, 1.807) is 12.1 Å². The Bertz CT molecular complexity index is 646. The smallest absolute Gasteiger partial charge is 0.224 e. The average Bonchev–Trinajstić information content (AvgIpc) is 2.48. The van der Waals surface area contributed by atoms with Crippen LogP contribution < -0.4 is 5.32 Å². The fourth-order valence-corrected chi connectivity index (χ4v) is 3.28. The molecular weight excluding hydrogens is 318 g/mol. The molecule has 22 heavy (non-hydrogen) atoms. The number of carbonyl (C=O) groups is 1. The van der Waals surface area contributed by atoms with Crippen molar-refractivity contribution >= 4 is 28.3 Å². The van der Waals surface area contributed by atoms with Crippen molar-refractivity contribution in [1.29, 1.82) is 0 Å².